The fraction of sp³-hybridized carbons (Fsp3) is 0.353. The van der Waals surface area contributed by atoms with Gasteiger partial charge >= 0.3 is 0 Å². The molecule has 0 radical (unpaired) electrons. The lowest BCUT2D eigenvalue weighted by molar-refractivity contribution is -0.142. The Kier molecular flexibility index (Phi) is 4.41. The Bertz CT molecular complexity index is 679. The first kappa shape index (κ1) is 15.3. The second-order valence-corrected chi connectivity index (χ2v) is 5.60. The highest BCUT2D eigenvalue weighted by molar-refractivity contribution is 5.89. The van der Waals surface area contributed by atoms with Crippen molar-refractivity contribution in [2.24, 2.45) is 0 Å². The lowest BCUT2D eigenvalue weighted by atomic mass is 10.1. The minimum absolute atomic E-state index is 0.00135. The van der Waals surface area contributed by atoms with E-state index < -0.39 is 0 Å². The van der Waals surface area contributed by atoms with E-state index in [9.17, 15) is 9.59 Å². The summed E-state index contributed by atoms with van der Waals surface area (Å²) in [5.74, 6) is -0.0559. The summed E-state index contributed by atoms with van der Waals surface area (Å²) in [7, 11) is 0. The molecule has 0 bridgehead atoms. The Balaban J connectivity index is 1.69. The molecule has 6 heteroatoms. The van der Waals surface area contributed by atoms with Crippen LogP contribution in [-0.2, 0) is 16.0 Å². The van der Waals surface area contributed by atoms with E-state index in [1.54, 1.807) is 15.8 Å². The van der Waals surface area contributed by atoms with Gasteiger partial charge in [-0.15, -0.1) is 0 Å². The van der Waals surface area contributed by atoms with Crippen LogP contribution in [0.4, 0.5) is 0 Å². The third-order valence-corrected chi connectivity index (χ3v) is 4.10. The molecule has 6 nitrogen and oxygen atoms in total. The molecule has 1 atom stereocenters. The van der Waals surface area contributed by atoms with Crippen LogP contribution in [0.2, 0.25) is 0 Å². The SMILES string of the molecule is CCC1C(=O)NCCN1C(=O)Cc1ccc(-n2cccn2)cc1. The first-order valence-electron chi connectivity index (χ1n) is 7.85. The predicted octanol–water partition coefficient (Wildman–Crippen LogP) is 1.15. The van der Waals surface area contributed by atoms with Crippen molar-refractivity contribution in [2.45, 2.75) is 25.8 Å². The lowest BCUT2D eigenvalue weighted by Crippen LogP contribution is -2.57. The molecule has 1 aliphatic heterocycles. The number of aromatic nitrogens is 2. The average Bonchev–Trinajstić information content (AvgIpc) is 3.09. The monoisotopic (exact) mass is 312 g/mol. The third kappa shape index (κ3) is 3.26. The number of carbonyl (C=O) groups excluding carboxylic acids is 2. The standard InChI is InChI=1S/C17H20N4O2/c1-2-15-17(23)18-9-11-20(15)16(22)12-13-4-6-14(7-5-13)21-10-3-8-19-21/h3-8,10,15H,2,9,11-12H2,1H3,(H,18,23). The third-order valence-electron chi connectivity index (χ3n) is 4.10. The molecule has 0 saturated carbocycles. The van der Waals surface area contributed by atoms with Gasteiger partial charge in [0, 0.05) is 25.5 Å². The van der Waals surface area contributed by atoms with Crippen LogP contribution in [0.15, 0.2) is 42.7 Å². The highest BCUT2D eigenvalue weighted by Crippen LogP contribution is 2.13. The van der Waals surface area contributed by atoms with E-state index in [1.807, 2.05) is 43.5 Å². The summed E-state index contributed by atoms with van der Waals surface area (Å²) in [6.45, 7) is 3.03. The quantitative estimate of drug-likeness (QED) is 0.921. The molecule has 1 aromatic heterocycles. The van der Waals surface area contributed by atoms with E-state index in [-0.39, 0.29) is 17.9 Å². The Hall–Kier alpha value is -2.63. The zero-order valence-corrected chi connectivity index (χ0v) is 13.1. The minimum Gasteiger partial charge on any atom is -0.353 e. The summed E-state index contributed by atoms with van der Waals surface area (Å²) >= 11 is 0. The van der Waals surface area contributed by atoms with Gasteiger partial charge in [0.2, 0.25) is 11.8 Å². The van der Waals surface area contributed by atoms with Crippen LogP contribution in [0, 0.1) is 0 Å². The van der Waals surface area contributed by atoms with Gasteiger partial charge in [-0.1, -0.05) is 19.1 Å². The fourth-order valence-corrected chi connectivity index (χ4v) is 2.88. The van der Waals surface area contributed by atoms with Crippen molar-refractivity contribution in [3.8, 4) is 5.69 Å². The number of piperazine rings is 1. The van der Waals surface area contributed by atoms with E-state index in [0.29, 0.717) is 25.9 Å². The molecule has 1 aromatic carbocycles. The first-order valence-corrected chi connectivity index (χ1v) is 7.85. The predicted molar refractivity (Wildman–Crippen MR) is 86.1 cm³/mol. The van der Waals surface area contributed by atoms with Crippen LogP contribution >= 0.6 is 0 Å². The van der Waals surface area contributed by atoms with E-state index in [1.165, 1.54) is 0 Å². The van der Waals surface area contributed by atoms with E-state index in [2.05, 4.69) is 10.4 Å². The number of carbonyl (C=O) groups is 2. The molecule has 1 aliphatic rings. The average molecular weight is 312 g/mol. The summed E-state index contributed by atoms with van der Waals surface area (Å²) in [4.78, 5) is 26.1. The highest BCUT2D eigenvalue weighted by Gasteiger charge is 2.31. The van der Waals surface area contributed by atoms with Gasteiger partial charge in [0.15, 0.2) is 0 Å². The smallest absolute Gasteiger partial charge is 0.242 e. The number of amides is 2. The summed E-state index contributed by atoms with van der Waals surface area (Å²) in [6.07, 6.45) is 4.54. The van der Waals surface area contributed by atoms with Crippen LogP contribution in [0.1, 0.15) is 18.9 Å². The lowest BCUT2D eigenvalue weighted by Gasteiger charge is -2.34. The molecule has 0 spiro atoms. The van der Waals surface area contributed by atoms with Gasteiger partial charge in [0.1, 0.15) is 6.04 Å². The molecular weight excluding hydrogens is 292 g/mol. The summed E-state index contributed by atoms with van der Waals surface area (Å²) in [6, 6.07) is 9.26. The molecule has 120 valence electrons. The normalized spacial score (nSPS) is 17.9. The molecule has 23 heavy (non-hydrogen) atoms. The van der Waals surface area contributed by atoms with Crippen molar-refractivity contribution >= 4 is 11.8 Å². The second-order valence-electron chi connectivity index (χ2n) is 5.60. The molecule has 3 rings (SSSR count). The van der Waals surface area contributed by atoms with Crippen LogP contribution in [0.5, 0.6) is 0 Å². The van der Waals surface area contributed by atoms with E-state index >= 15 is 0 Å². The second kappa shape index (κ2) is 6.64. The van der Waals surface area contributed by atoms with Gasteiger partial charge in [-0.2, -0.15) is 5.10 Å². The van der Waals surface area contributed by atoms with Crippen LogP contribution in [0.3, 0.4) is 0 Å². The fourth-order valence-electron chi connectivity index (χ4n) is 2.88. The number of rotatable bonds is 4. The largest absolute Gasteiger partial charge is 0.353 e. The summed E-state index contributed by atoms with van der Waals surface area (Å²) in [5.41, 5.74) is 1.89. The van der Waals surface area contributed by atoms with E-state index in [4.69, 9.17) is 0 Å². The highest BCUT2D eigenvalue weighted by atomic mass is 16.2. The van der Waals surface area contributed by atoms with Gasteiger partial charge in [0.05, 0.1) is 12.1 Å². The number of nitrogens with zero attached hydrogens (tertiary/aromatic N) is 3. The molecule has 2 heterocycles. The zero-order valence-electron chi connectivity index (χ0n) is 13.1. The number of nitrogens with one attached hydrogen (secondary N) is 1. The van der Waals surface area contributed by atoms with Crippen molar-refractivity contribution < 1.29 is 9.59 Å². The van der Waals surface area contributed by atoms with Crippen molar-refractivity contribution in [3.05, 3.63) is 48.3 Å². The Morgan fingerprint density at radius 2 is 2.13 bits per heavy atom. The van der Waals surface area contributed by atoms with Crippen LogP contribution in [0.25, 0.3) is 5.69 Å². The molecular formula is C17H20N4O2. The maximum Gasteiger partial charge on any atom is 0.242 e. The van der Waals surface area contributed by atoms with Gasteiger partial charge < -0.3 is 10.2 Å². The van der Waals surface area contributed by atoms with Crippen molar-refractivity contribution in [2.75, 3.05) is 13.1 Å². The maximum absolute atomic E-state index is 12.5. The summed E-state index contributed by atoms with van der Waals surface area (Å²) < 4.78 is 1.77. The van der Waals surface area contributed by atoms with Crippen LogP contribution < -0.4 is 5.32 Å². The molecule has 2 aromatic rings. The van der Waals surface area contributed by atoms with Crippen molar-refractivity contribution in [1.82, 2.24) is 20.0 Å². The van der Waals surface area contributed by atoms with Crippen molar-refractivity contribution in [3.63, 3.8) is 0 Å². The molecule has 1 N–H and O–H groups in total. The molecule has 1 fully saturated rings. The van der Waals surface area contributed by atoms with E-state index in [0.717, 1.165) is 11.3 Å². The van der Waals surface area contributed by atoms with Gasteiger partial charge in [-0.05, 0) is 30.2 Å². The van der Waals surface area contributed by atoms with Gasteiger partial charge in [-0.25, -0.2) is 4.68 Å². The minimum atomic E-state index is -0.348. The Morgan fingerprint density at radius 3 is 2.78 bits per heavy atom. The molecule has 1 saturated heterocycles. The molecule has 2 amide bonds. The molecule has 0 aliphatic carbocycles. The van der Waals surface area contributed by atoms with Crippen LogP contribution in [-0.4, -0.2) is 45.6 Å². The number of benzene rings is 1. The zero-order chi connectivity index (χ0) is 16.2. The Morgan fingerprint density at radius 1 is 1.35 bits per heavy atom. The summed E-state index contributed by atoms with van der Waals surface area (Å²) in [5, 5.41) is 6.99. The van der Waals surface area contributed by atoms with Gasteiger partial charge in [-0.3, -0.25) is 9.59 Å². The maximum atomic E-state index is 12.5. The topological polar surface area (TPSA) is 67.2 Å². The number of hydrogen-bond donors (Lipinski definition) is 1. The van der Waals surface area contributed by atoms with Gasteiger partial charge in [0.25, 0.3) is 0 Å². The van der Waals surface area contributed by atoms with Crippen molar-refractivity contribution in [1.29, 1.82) is 0 Å². The first-order chi connectivity index (χ1) is 11.2. The Labute approximate surface area is 135 Å². The molecule has 1 unspecified atom stereocenters. The number of hydrogen-bond acceptors (Lipinski definition) is 3.